The van der Waals surface area contributed by atoms with Crippen LogP contribution in [0.4, 0.5) is 4.39 Å². The van der Waals surface area contributed by atoms with Crippen molar-refractivity contribution in [3.8, 4) is 0 Å². The maximum Gasteiger partial charge on any atom is 0.170 e. The van der Waals surface area contributed by atoms with Gasteiger partial charge in [-0.3, -0.25) is 0 Å². The molecule has 0 radical (unpaired) electrons. The Morgan fingerprint density at radius 1 is 1.30 bits per heavy atom. The number of hydrogen-bond acceptors (Lipinski definition) is 3. The van der Waals surface area contributed by atoms with Gasteiger partial charge in [-0.15, -0.1) is 0 Å². The predicted octanol–water partition coefficient (Wildman–Crippen LogP) is 2.44. The zero-order valence-corrected chi connectivity index (χ0v) is 12.4. The van der Waals surface area contributed by atoms with Gasteiger partial charge in [-0.25, -0.2) is 4.39 Å². The van der Waals surface area contributed by atoms with Crippen LogP contribution < -0.4 is 11.1 Å². The Hall–Kier alpha value is -1.62. The van der Waals surface area contributed by atoms with Gasteiger partial charge in [-0.05, 0) is 34.6 Å². The van der Waals surface area contributed by atoms with Crippen molar-refractivity contribution < 1.29 is 9.60 Å². The van der Waals surface area contributed by atoms with Gasteiger partial charge in [0.2, 0.25) is 0 Å². The third kappa shape index (κ3) is 2.38. The molecule has 0 unspecified atom stereocenters. The first-order valence-electron chi connectivity index (χ1n) is 6.71. The van der Waals surface area contributed by atoms with E-state index in [0.29, 0.717) is 18.2 Å². The highest BCUT2D eigenvalue weighted by atomic mass is 19.1. The van der Waals surface area contributed by atoms with Gasteiger partial charge in [0.1, 0.15) is 5.82 Å². The summed E-state index contributed by atoms with van der Waals surface area (Å²) in [5.74, 6) is -0.474. The van der Waals surface area contributed by atoms with Crippen molar-refractivity contribution in [1.29, 1.82) is 0 Å². The summed E-state index contributed by atoms with van der Waals surface area (Å²) in [6.07, 6.45) is 0. The first kappa shape index (κ1) is 14.8. The zero-order valence-electron chi connectivity index (χ0n) is 12.4. The molecule has 20 heavy (non-hydrogen) atoms. The van der Waals surface area contributed by atoms with Gasteiger partial charge < -0.3 is 16.3 Å². The molecule has 1 aromatic rings. The number of halogens is 1. The lowest BCUT2D eigenvalue weighted by atomic mass is 10.0. The average molecular weight is 279 g/mol. The molecule has 2 rings (SSSR count). The van der Waals surface area contributed by atoms with Crippen LogP contribution in [0, 0.1) is 16.6 Å². The summed E-state index contributed by atoms with van der Waals surface area (Å²) in [6.45, 7) is 9.44. The molecule has 0 atom stereocenters. The summed E-state index contributed by atoms with van der Waals surface area (Å²) in [6, 6.07) is 4.84. The number of rotatable bonds is 4. The lowest BCUT2D eigenvalue weighted by Gasteiger charge is -2.08. The van der Waals surface area contributed by atoms with Crippen molar-refractivity contribution >= 4 is 5.84 Å². The molecule has 5 heteroatoms. The van der Waals surface area contributed by atoms with Crippen LogP contribution in [0.25, 0.3) is 0 Å². The van der Waals surface area contributed by atoms with E-state index < -0.39 is 0 Å². The van der Waals surface area contributed by atoms with Crippen molar-refractivity contribution in [1.82, 2.24) is 5.32 Å². The van der Waals surface area contributed by atoms with Gasteiger partial charge in [-0.1, -0.05) is 32.9 Å². The Morgan fingerprint density at radius 2 is 1.90 bits per heavy atom. The molecular weight excluding hydrogens is 257 g/mol. The van der Waals surface area contributed by atoms with Crippen LogP contribution in [0.2, 0.25) is 0 Å². The van der Waals surface area contributed by atoms with E-state index in [1.165, 1.54) is 12.1 Å². The molecule has 0 spiro atoms. The summed E-state index contributed by atoms with van der Waals surface area (Å²) in [5.41, 5.74) is 7.13. The van der Waals surface area contributed by atoms with Crippen molar-refractivity contribution in [3.63, 3.8) is 0 Å². The topological polar surface area (TPSA) is 70.6 Å². The highest BCUT2D eigenvalue weighted by molar-refractivity contribution is 5.97. The minimum Gasteiger partial charge on any atom is -0.409 e. The number of nitrogens with one attached hydrogen (secondary N) is 1. The summed E-state index contributed by atoms with van der Waals surface area (Å²) in [5, 5.41) is 15.0. The number of nitrogens with zero attached hydrogens (tertiary/aromatic N) is 1. The monoisotopic (exact) mass is 279 g/mol. The largest absolute Gasteiger partial charge is 0.409 e. The standard InChI is InChI=1S/C15H22FN3O/c1-14(2)13(15(14,3)4)18-8-9-5-10(12(17)19-20)7-11(16)6-9/h5-7,13,18,20H,8H2,1-4H3,(H2,17,19). The molecule has 1 aliphatic rings. The molecule has 4 N–H and O–H groups in total. The smallest absolute Gasteiger partial charge is 0.170 e. The molecule has 0 heterocycles. The van der Waals surface area contributed by atoms with Crippen LogP contribution in [0.1, 0.15) is 38.8 Å². The van der Waals surface area contributed by atoms with E-state index in [4.69, 9.17) is 10.9 Å². The van der Waals surface area contributed by atoms with E-state index >= 15 is 0 Å². The quantitative estimate of drug-likeness (QED) is 0.343. The van der Waals surface area contributed by atoms with E-state index in [9.17, 15) is 4.39 Å². The van der Waals surface area contributed by atoms with Crippen molar-refractivity contribution in [3.05, 3.63) is 35.1 Å². The van der Waals surface area contributed by atoms with Gasteiger partial charge in [0.25, 0.3) is 0 Å². The van der Waals surface area contributed by atoms with Crippen LogP contribution in [0.5, 0.6) is 0 Å². The normalized spacial score (nSPS) is 20.9. The fourth-order valence-corrected chi connectivity index (χ4v) is 2.88. The lowest BCUT2D eigenvalue weighted by molar-refractivity contribution is 0.318. The van der Waals surface area contributed by atoms with Crippen LogP contribution in [-0.2, 0) is 6.54 Å². The number of hydrogen-bond donors (Lipinski definition) is 3. The molecule has 110 valence electrons. The van der Waals surface area contributed by atoms with Gasteiger partial charge in [-0.2, -0.15) is 0 Å². The predicted molar refractivity (Wildman–Crippen MR) is 77.1 cm³/mol. The van der Waals surface area contributed by atoms with Crippen LogP contribution in [0.3, 0.4) is 0 Å². The molecule has 0 aromatic heterocycles. The molecule has 0 aliphatic heterocycles. The Labute approximate surface area is 118 Å². The van der Waals surface area contributed by atoms with Gasteiger partial charge in [0.15, 0.2) is 5.84 Å². The molecular formula is C15H22FN3O. The number of oxime groups is 1. The van der Waals surface area contributed by atoms with Crippen LogP contribution >= 0.6 is 0 Å². The average Bonchev–Trinajstić information content (AvgIpc) is 2.75. The third-order valence-electron chi connectivity index (χ3n) is 4.89. The number of benzene rings is 1. The summed E-state index contributed by atoms with van der Waals surface area (Å²) in [7, 11) is 0. The van der Waals surface area contributed by atoms with Crippen molar-refractivity contribution in [2.75, 3.05) is 0 Å². The molecule has 0 bridgehead atoms. The fraction of sp³-hybridized carbons (Fsp3) is 0.533. The first-order chi connectivity index (χ1) is 9.20. The maximum absolute atomic E-state index is 13.5. The van der Waals surface area contributed by atoms with E-state index in [2.05, 4.69) is 38.2 Å². The second-order valence-electron chi connectivity index (χ2n) is 6.59. The van der Waals surface area contributed by atoms with E-state index in [1.807, 2.05) is 0 Å². The molecule has 1 saturated carbocycles. The molecule has 4 nitrogen and oxygen atoms in total. The Balaban J connectivity index is 2.10. The first-order valence-corrected chi connectivity index (χ1v) is 6.71. The highest BCUT2D eigenvalue weighted by Crippen LogP contribution is 2.62. The maximum atomic E-state index is 13.5. The summed E-state index contributed by atoms with van der Waals surface area (Å²) >= 11 is 0. The molecule has 0 saturated heterocycles. The second-order valence-corrected chi connectivity index (χ2v) is 6.59. The van der Waals surface area contributed by atoms with Crippen molar-refractivity contribution in [2.45, 2.75) is 40.3 Å². The fourth-order valence-electron chi connectivity index (χ4n) is 2.88. The van der Waals surface area contributed by atoms with Gasteiger partial charge >= 0.3 is 0 Å². The third-order valence-corrected chi connectivity index (χ3v) is 4.89. The summed E-state index contributed by atoms with van der Waals surface area (Å²) < 4.78 is 13.5. The van der Waals surface area contributed by atoms with Crippen molar-refractivity contribution in [2.24, 2.45) is 21.7 Å². The van der Waals surface area contributed by atoms with E-state index in [-0.39, 0.29) is 22.5 Å². The molecule has 0 amide bonds. The molecule has 1 aliphatic carbocycles. The van der Waals surface area contributed by atoms with E-state index in [0.717, 1.165) is 5.56 Å². The van der Waals surface area contributed by atoms with E-state index in [1.54, 1.807) is 6.07 Å². The highest BCUT2D eigenvalue weighted by Gasteiger charge is 2.64. The van der Waals surface area contributed by atoms with Gasteiger partial charge in [0, 0.05) is 18.2 Å². The lowest BCUT2D eigenvalue weighted by Crippen LogP contribution is -2.22. The molecule has 1 fully saturated rings. The van der Waals surface area contributed by atoms with Crippen LogP contribution in [0.15, 0.2) is 23.4 Å². The number of amidine groups is 1. The Bertz CT molecular complexity index is 538. The molecule has 1 aromatic carbocycles. The van der Waals surface area contributed by atoms with Crippen LogP contribution in [-0.4, -0.2) is 17.1 Å². The Morgan fingerprint density at radius 3 is 2.40 bits per heavy atom. The zero-order chi connectivity index (χ0) is 15.1. The number of nitrogens with two attached hydrogens (primary N) is 1. The second kappa shape index (κ2) is 4.74. The minimum atomic E-state index is -0.389. The summed E-state index contributed by atoms with van der Waals surface area (Å²) in [4.78, 5) is 0. The SMILES string of the molecule is CC1(C)C(NCc2cc(F)cc(/C(N)=N/O)c2)C1(C)C. The van der Waals surface area contributed by atoms with Gasteiger partial charge in [0.05, 0.1) is 0 Å². The Kier molecular flexibility index (Phi) is 3.50. The minimum absolute atomic E-state index is 0.0853.